The second-order valence-electron chi connectivity index (χ2n) is 13.2. The van der Waals surface area contributed by atoms with Crippen LogP contribution in [0.1, 0.15) is 18.4 Å². The third-order valence-electron chi connectivity index (χ3n) is 9.99. The van der Waals surface area contributed by atoms with Crippen molar-refractivity contribution in [3.05, 3.63) is 175 Å². The summed E-state index contributed by atoms with van der Waals surface area (Å²) in [5.74, 6) is 2.69. The molecule has 6 heteroatoms. The number of nitrogens with zero attached hydrogens (tertiary/aromatic N) is 6. The predicted molar refractivity (Wildman–Crippen MR) is 209 cm³/mol. The van der Waals surface area contributed by atoms with Gasteiger partial charge in [-0.2, -0.15) is 0 Å². The molecule has 5 aromatic carbocycles. The molecule has 0 radical (unpaired) electrons. The maximum Gasteiger partial charge on any atom is 0.145 e. The standard InChI is InChI=1S/C45H34N6/c1-4-16-34(17-5-1)49-40-25-13-10-22-37(40)46-43(49)31-28-32(44-47-38-23-11-14-26-41(38)50(44)35-18-6-2-7-19-35)30-33(29-31)45-48-39-24-12-15-27-42(39)51(45)36-20-8-3-9-21-36/h1-2,4-8,10-30,37,40H,3,9H2. The largest absolute Gasteiger partial charge is 0.317 e. The molecule has 3 aliphatic rings. The third-order valence-corrected chi connectivity index (χ3v) is 9.99. The van der Waals surface area contributed by atoms with Crippen LogP contribution in [-0.4, -0.2) is 37.0 Å². The number of aliphatic imine (C=N–C) groups is 1. The zero-order chi connectivity index (χ0) is 33.7. The SMILES string of the molecule is C1=CC2N=C(c3cc(-c4nc5ccccc5n4C4=CCCC=C4)cc(-c4nc5ccccc5n4-c4ccccc4)c3)N(c3ccccc3)C2C=C1. The van der Waals surface area contributed by atoms with Crippen LogP contribution in [-0.2, 0) is 0 Å². The summed E-state index contributed by atoms with van der Waals surface area (Å²) in [4.78, 5) is 18.4. The molecule has 2 aliphatic carbocycles. The predicted octanol–water partition coefficient (Wildman–Crippen LogP) is 10.0. The molecule has 0 saturated heterocycles. The normalized spacial score (nSPS) is 18.0. The van der Waals surface area contributed by atoms with Crippen LogP contribution < -0.4 is 4.90 Å². The van der Waals surface area contributed by atoms with Crippen LogP contribution in [0.3, 0.4) is 0 Å². The highest BCUT2D eigenvalue weighted by atomic mass is 15.3. The van der Waals surface area contributed by atoms with Crippen molar-refractivity contribution in [1.82, 2.24) is 19.1 Å². The number of hydrogen-bond acceptors (Lipinski definition) is 4. The molecule has 2 unspecified atom stereocenters. The number of allylic oxidation sites excluding steroid dienone is 6. The zero-order valence-corrected chi connectivity index (χ0v) is 27.9. The van der Waals surface area contributed by atoms with Gasteiger partial charge in [-0.1, -0.05) is 97.1 Å². The number of hydrogen-bond donors (Lipinski definition) is 0. The van der Waals surface area contributed by atoms with E-state index in [0.29, 0.717) is 0 Å². The first-order chi connectivity index (χ1) is 25.3. The fourth-order valence-corrected chi connectivity index (χ4v) is 7.70. The van der Waals surface area contributed by atoms with Crippen LogP contribution in [0.5, 0.6) is 0 Å². The summed E-state index contributed by atoms with van der Waals surface area (Å²) in [5, 5.41) is 0. The van der Waals surface area contributed by atoms with Crippen molar-refractivity contribution in [2.45, 2.75) is 24.9 Å². The molecule has 0 bridgehead atoms. The number of amidine groups is 1. The molecule has 0 fully saturated rings. The Hall–Kier alpha value is -6.53. The summed E-state index contributed by atoms with van der Waals surface area (Å²) in [6.45, 7) is 0. The highest BCUT2D eigenvalue weighted by Crippen LogP contribution is 2.38. The summed E-state index contributed by atoms with van der Waals surface area (Å²) in [6, 6.07) is 44.8. The van der Waals surface area contributed by atoms with Gasteiger partial charge >= 0.3 is 0 Å². The minimum absolute atomic E-state index is 0.00770. The van der Waals surface area contributed by atoms with E-state index >= 15 is 0 Å². The average Bonchev–Trinajstić information content (AvgIpc) is 3.91. The smallest absolute Gasteiger partial charge is 0.145 e. The number of imidazole rings is 2. The Morgan fingerprint density at radius 1 is 0.549 bits per heavy atom. The first-order valence-electron chi connectivity index (χ1n) is 17.6. The number of rotatable bonds is 6. The van der Waals surface area contributed by atoms with Crippen molar-refractivity contribution in [3.8, 4) is 28.5 Å². The van der Waals surface area contributed by atoms with E-state index in [1.54, 1.807) is 0 Å². The topological polar surface area (TPSA) is 51.2 Å². The lowest BCUT2D eigenvalue weighted by Gasteiger charge is -2.29. The molecule has 7 aromatic rings. The Kier molecular flexibility index (Phi) is 6.98. The summed E-state index contributed by atoms with van der Waals surface area (Å²) >= 11 is 0. The molecule has 1 aliphatic heterocycles. The van der Waals surface area contributed by atoms with Gasteiger partial charge < -0.3 is 4.90 Å². The van der Waals surface area contributed by atoms with Crippen molar-refractivity contribution >= 4 is 39.3 Å². The second-order valence-corrected chi connectivity index (χ2v) is 13.2. The van der Waals surface area contributed by atoms with E-state index in [1.807, 2.05) is 0 Å². The molecular weight excluding hydrogens is 625 g/mol. The van der Waals surface area contributed by atoms with Gasteiger partial charge in [0, 0.05) is 33.8 Å². The average molecular weight is 659 g/mol. The fourth-order valence-electron chi connectivity index (χ4n) is 7.70. The van der Waals surface area contributed by atoms with Gasteiger partial charge in [0.2, 0.25) is 0 Å². The number of para-hydroxylation sites is 6. The lowest BCUT2D eigenvalue weighted by atomic mass is 10.0. The van der Waals surface area contributed by atoms with Crippen LogP contribution in [0.15, 0.2) is 175 Å². The Morgan fingerprint density at radius 2 is 1.14 bits per heavy atom. The fraction of sp³-hybridized carbons (Fsp3) is 0.0889. The molecule has 0 saturated carbocycles. The molecule has 2 aromatic heterocycles. The van der Waals surface area contributed by atoms with Gasteiger partial charge in [-0.3, -0.25) is 14.1 Å². The minimum atomic E-state index is 0.00770. The first-order valence-corrected chi connectivity index (χ1v) is 17.6. The highest BCUT2D eigenvalue weighted by Gasteiger charge is 2.36. The number of fused-ring (bicyclic) bond motifs is 3. The maximum absolute atomic E-state index is 5.41. The van der Waals surface area contributed by atoms with E-state index in [2.05, 4.69) is 184 Å². The maximum atomic E-state index is 5.41. The Bertz CT molecular complexity index is 2600. The van der Waals surface area contributed by atoms with E-state index in [0.717, 1.165) is 86.2 Å². The lowest BCUT2D eigenvalue weighted by Crippen LogP contribution is -2.39. The molecule has 0 amide bonds. The van der Waals surface area contributed by atoms with E-state index < -0.39 is 0 Å². The molecule has 51 heavy (non-hydrogen) atoms. The van der Waals surface area contributed by atoms with Crippen molar-refractivity contribution in [3.63, 3.8) is 0 Å². The summed E-state index contributed by atoms with van der Waals surface area (Å²) < 4.78 is 4.58. The van der Waals surface area contributed by atoms with Gasteiger partial charge in [0.1, 0.15) is 17.5 Å². The highest BCUT2D eigenvalue weighted by molar-refractivity contribution is 6.13. The van der Waals surface area contributed by atoms with Gasteiger partial charge in [0.05, 0.1) is 34.2 Å². The summed E-state index contributed by atoms with van der Waals surface area (Å²) in [5.41, 5.74) is 10.4. The van der Waals surface area contributed by atoms with E-state index in [1.165, 1.54) is 0 Å². The van der Waals surface area contributed by atoms with Gasteiger partial charge in [-0.25, -0.2) is 9.97 Å². The monoisotopic (exact) mass is 658 g/mol. The molecule has 3 heterocycles. The molecule has 6 nitrogen and oxygen atoms in total. The van der Waals surface area contributed by atoms with Crippen LogP contribution in [0, 0.1) is 0 Å². The van der Waals surface area contributed by atoms with E-state index in [4.69, 9.17) is 15.0 Å². The first kappa shape index (κ1) is 29.4. The van der Waals surface area contributed by atoms with E-state index in [9.17, 15) is 0 Å². The molecule has 0 N–H and O–H groups in total. The minimum Gasteiger partial charge on any atom is -0.317 e. The van der Waals surface area contributed by atoms with Crippen LogP contribution >= 0.6 is 0 Å². The van der Waals surface area contributed by atoms with Gasteiger partial charge in [-0.05, 0) is 85.6 Å². The van der Waals surface area contributed by atoms with Crippen molar-refractivity contribution in [2.75, 3.05) is 4.90 Å². The molecule has 244 valence electrons. The van der Waals surface area contributed by atoms with Crippen molar-refractivity contribution in [2.24, 2.45) is 4.99 Å². The van der Waals surface area contributed by atoms with Crippen LogP contribution in [0.25, 0.3) is 56.2 Å². The molecule has 2 atom stereocenters. The van der Waals surface area contributed by atoms with Crippen molar-refractivity contribution < 1.29 is 0 Å². The zero-order valence-electron chi connectivity index (χ0n) is 27.9. The summed E-state index contributed by atoms with van der Waals surface area (Å²) in [7, 11) is 0. The second kappa shape index (κ2) is 12.1. The van der Waals surface area contributed by atoms with Gasteiger partial charge in [0.25, 0.3) is 0 Å². The number of aromatic nitrogens is 4. The Labute approximate surface area is 296 Å². The quantitative estimate of drug-likeness (QED) is 0.179. The summed E-state index contributed by atoms with van der Waals surface area (Å²) in [6.07, 6.45) is 17.5. The van der Waals surface area contributed by atoms with Crippen LogP contribution in [0.4, 0.5) is 5.69 Å². The molecule has 0 spiro atoms. The third kappa shape index (κ3) is 4.98. The number of benzene rings is 5. The Balaban J connectivity index is 1.26. The van der Waals surface area contributed by atoms with Gasteiger partial charge in [0.15, 0.2) is 0 Å². The van der Waals surface area contributed by atoms with E-state index in [-0.39, 0.29) is 12.1 Å². The molecule has 10 rings (SSSR count). The Morgan fingerprint density at radius 3 is 1.82 bits per heavy atom. The van der Waals surface area contributed by atoms with Crippen LogP contribution in [0.2, 0.25) is 0 Å². The lowest BCUT2D eigenvalue weighted by molar-refractivity contribution is 0.739. The van der Waals surface area contributed by atoms with Gasteiger partial charge in [-0.15, -0.1) is 0 Å². The van der Waals surface area contributed by atoms with Crippen molar-refractivity contribution in [1.29, 1.82) is 0 Å². The molecular formula is C45H34N6. The number of anilines is 1.